The number of pyridine rings is 1. The fraction of sp³-hybridized carbons (Fsp3) is 0.400. The second-order valence-electron chi connectivity index (χ2n) is 15.6. The number of piperidine rings is 1. The van der Waals surface area contributed by atoms with Crippen LogP contribution in [0.2, 0.25) is 0 Å². The van der Waals surface area contributed by atoms with Crippen molar-refractivity contribution in [3.05, 3.63) is 77.0 Å². The van der Waals surface area contributed by atoms with Gasteiger partial charge in [-0.15, -0.1) is 0 Å². The lowest BCUT2D eigenvalue weighted by molar-refractivity contribution is -0.0571. The van der Waals surface area contributed by atoms with Crippen LogP contribution in [0.3, 0.4) is 0 Å². The van der Waals surface area contributed by atoms with Crippen molar-refractivity contribution in [2.75, 3.05) is 13.7 Å². The predicted molar refractivity (Wildman–Crippen MR) is 195 cm³/mol. The van der Waals surface area contributed by atoms with Crippen LogP contribution < -0.4 is 15.8 Å². The van der Waals surface area contributed by atoms with Gasteiger partial charge in [0.15, 0.2) is 0 Å². The summed E-state index contributed by atoms with van der Waals surface area (Å²) in [6, 6.07) is 15.7. The molecule has 1 saturated carbocycles. The number of nitrogens with zero attached hydrogens (tertiary/aromatic N) is 4. The first kappa shape index (κ1) is 33.7. The number of halogens is 1. The third-order valence-corrected chi connectivity index (χ3v) is 10.8. The van der Waals surface area contributed by atoms with Crippen molar-refractivity contribution in [1.29, 1.82) is 0 Å². The molecule has 5 aromatic rings. The van der Waals surface area contributed by atoms with Gasteiger partial charge in [-0.1, -0.05) is 45.0 Å². The van der Waals surface area contributed by atoms with Gasteiger partial charge in [-0.05, 0) is 72.1 Å². The Balaban J connectivity index is 1.21. The van der Waals surface area contributed by atoms with Gasteiger partial charge in [0, 0.05) is 47.7 Å². The summed E-state index contributed by atoms with van der Waals surface area (Å²) in [4.78, 5) is 40.0. The number of fused-ring (bicyclic) bond motifs is 3. The molecule has 0 spiro atoms. The smallest absolute Gasteiger partial charge is 0.404 e. The number of likely N-dealkylation sites (tertiary alicyclic amines) is 1. The molecule has 3 aromatic heterocycles. The molecule has 3 N–H and O–H groups in total. The number of ether oxygens (including phenoxy) is 2. The fourth-order valence-corrected chi connectivity index (χ4v) is 8.23. The van der Waals surface area contributed by atoms with E-state index in [1.54, 1.807) is 23.9 Å². The molecular formula is C40H43FN6O5. The van der Waals surface area contributed by atoms with E-state index in [0.29, 0.717) is 18.2 Å². The molecule has 1 saturated heterocycles. The number of benzene rings is 2. The van der Waals surface area contributed by atoms with Crippen molar-refractivity contribution in [1.82, 2.24) is 24.4 Å². The van der Waals surface area contributed by atoms with Gasteiger partial charge in [0.25, 0.3) is 11.8 Å². The normalized spacial score (nSPS) is 20.3. The van der Waals surface area contributed by atoms with Gasteiger partial charge in [0.1, 0.15) is 29.2 Å². The van der Waals surface area contributed by atoms with Crippen molar-refractivity contribution in [2.45, 2.75) is 78.4 Å². The molecule has 5 heterocycles. The Morgan fingerprint density at radius 2 is 1.83 bits per heavy atom. The molecule has 0 bridgehead atoms. The second-order valence-corrected chi connectivity index (χ2v) is 15.6. The van der Waals surface area contributed by atoms with Crippen LogP contribution in [0.15, 0.2) is 54.7 Å². The van der Waals surface area contributed by atoms with Crippen LogP contribution in [0.4, 0.5) is 9.18 Å². The van der Waals surface area contributed by atoms with Crippen LogP contribution in [0.5, 0.6) is 5.75 Å². The van der Waals surface area contributed by atoms with Gasteiger partial charge in [-0.2, -0.15) is 5.10 Å². The number of alkyl halides is 1. The van der Waals surface area contributed by atoms with Crippen molar-refractivity contribution < 1.29 is 28.2 Å². The Hall–Kier alpha value is -5.39. The lowest BCUT2D eigenvalue weighted by Crippen LogP contribution is -2.61. The molecule has 1 unspecified atom stereocenters. The average molecular weight is 707 g/mol. The zero-order valence-electron chi connectivity index (χ0n) is 30.0. The molecule has 270 valence electrons. The van der Waals surface area contributed by atoms with E-state index >= 15 is 4.39 Å². The maximum Gasteiger partial charge on any atom is 0.404 e. The minimum atomic E-state index is -1.40. The van der Waals surface area contributed by atoms with E-state index in [-0.39, 0.29) is 24.4 Å². The van der Waals surface area contributed by atoms with E-state index in [4.69, 9.17) is 20.3 Å². The van der Waals surface area contributed by atoms with E-state index in [1.165, 1.54) is 17.7 Å². The average Bonchev–Trinajstić information content (AvgIpc) is 3.62. The number of carbonyl (C=O) groups excluding carboxylic acids is 3. The SMILES string of the molecule is COc1cc(C(=O)N2C[C@H](F)C[C@@H](OC(N)=O)C2C(C)(C)C)cn2nc(-c3cc4ccc(-c5ccc6c(c5)C(=O)NC6)cc4n3CC3CC3)c(C)c12. The van der Waals surface area contributed by atoms with E-state index in [2.05, 4.69) is 40.2 Å². The van der Waals surface area contributed by atoms with Gasteiger partial charge in [-0.3, -0.25) is 9.59 Å². The number of hydrogen-bond donors (Lipinski definition) is 2. The summed E-state index contributed by atoms with van der Waals surface area (Å²) in [6.45, 7) is 9.02. The Labute approximate surface area is 300 Å². The fourth-order valence-electron chi connectivity index (χ4n) is 8.23. The number of hydrogen-bond acceptors (Lipinski definition) is 6. The predicted octanol–water partition coefficient (Wildman–Crippen LogP) is 6.66. The Morgan fingerprint density at radius 1 is 1.08 bits per heavy atom. The Bertz CT molecular complexity index is 2280. The molecule has 2 aliphatic heterocycles. The summed E-state index contributed by atoms with van der Waals surface area (Å²) < 4.78 is 30.4. The van der Waals surface area contributed by atoms with Crippen LogP contribution in [0, 0.1) is 18.3 Å². The molecule has 3 aliphatic rings. The summed E-state index contributed by atoms with van der Waals surface area (Å²) in [5.74, 6) is 0.563. The number of nitrogens with one attached hydrogen (secondary N) is 1. The third-order valence-electron chi connectivity index (χ3n) is 10.8. The summed E-state index contributed by atoms with van der Waals surface area (Å²) in [5, 5.41) is 9.05. The van der Waals surface area contributed by atoms with Gasteiger partial charge in [-0.25, -0.2) is 13.7 Å². The number of nitrogens with two attached hydrogens (primary N) is 1. The van der Waals surface area contributed by atoms with Crippen LogP contribution in [0.25, 0.3) is 38.9 Å². The van der Waals surface area contributed by atoms with Crippen molar-refractivity contribution >= 4 is 34.3 Å². The van der Waals surface area contributed by atoms with E-state index < -0.39 is 35.7 Å². The molecule has 2 aromatic carbocycles. The topological polar surface area (TPSA) is 133 Å². The number of amides is 3. The van der Waals surface area contributed by atoms with Crippen molar-refractivity contribution in [2.24, 2.45) is 17.1 Å². The van der Waals surface area contributed by atoms with Crippen LogP contribution in [-0.4, -0.2) is 69.0 Å². The van der Waals surface area contributed by atoms with Crippen LogP contribution in [-0.2, 0) is 17.8 Å². The highest BCUT2D eigenvalue weighted by Crippen LogP contribution is 2.41. The molecule has 52 heavy (non-hydrogen) atoms. The number of carbonyl (C=O) groups is 3. The number of aryl methyl sites for hydroxylation is 1. The second kappa shape index (κ2) is 12.4. The van der Waals surface area contributed by atoms with Crippen molar-refractivity contribution in [3.8, 4) is 28.3 Å². The van der Waals surface area contributed by atoms with Gasteiger partial charge in [0.2, 0.25) is 0 Å². The monoisotopic (exact) mass is 706 g/mol. The zero-order valence-corrected chi connectivity index (χ0v) is 30.0. The first-order chi connectivity index (χ1) is 24.8. The van der Waals surface area contributed by atoms with Gasteiger partial charge < -0.3 is 30.0 Å². The third kappa shape index (κ3) is 5.83. The maximum absolute atomic E-state index is 15.1. The lowest BCUT2D eigenvalue weighted by Gasteiger charge is -2.47. The van der Waals surface area contributed by atoms with Crippen molar-refractivity contribution in [3.63, 3.8) is 0 Å². The number of rotatable bonds is 7. The highest BCUT2D eigenvalue weighted by atomic mass is 19.1. The number of methoxy groups -OCH3 is 1. The molecule has 12 heteroatoms. The Morgan fingerprint density at radius 3 is 2.54 bits per heavy atom. The molecule has 3 atom stereocenters. The summed E-state index contributed by atoms with van der Waals surface area (Å²) in [6.07, 6.45) is 0.657. The van der Waals surface area contributed by atoms with Gasteiger partial charge >= 0.3 is 6.09 Å². The first-order valence-electron chi connectivity index (χ1n) is 17.8. The van der Waals surface area contributed by atoms with Crippen LogP contribution >= 0.6 is 0 Å². The maximum atomic E-state index is 15.1. The zero-order chi connectivity index (χ0) is 36.6. The molecule has 11 nitrogen and oxygen atoms in total. The van der Waals surface area contributed by atoms with E-state index in [9.17, 15) is 14.4 Å². The highest BCUT2D eigenvalue weighted by molar-refractivity contribution is 6.00. The summed E-state index contributed by atoms with van der Waals surface area (Å²) in [5.41, 5.74) is 13.2. The molecule has 1 aliphatic carbocycles. The van der Waals surface area contributed by atoms with E-state index in [1.807, 2.05) is 39.8 Å². The minimum Gasteiger partial charge on any atom is -0.494 e. The van der Waals surface area contributed by atoms with Crippen LogP contribution in [0.1, 0.15) is 71.9 Å². The standard InChI is InChI=1S/C40H43FN6O5/c1-21-34(31-14-25-10-8-24(13-30(25)45(31)18-22-6-7-22)23-9-11-26-17-43-37(48)29(26)12-23)44-47-19-27(15-32(51-5)35(21)47)38(49)46-20-28(41)16-33(52-39(42)50)36(46)40(2,3)4/h8-15,19,22,28,33,36H,6-7,16-18,20H2,1-5H3,(H2,42,50)(H,43,48)/t28-,33-,36?/m1/s1. The largest absolute Gasteiger partial charge is 0.494 e. The number of aromatic nitrogens is 3. The quantitative estimate of drug-likeness (QED) is 0.195. The highest BCUT2D eigenvalue weighted by Gasteiger charge is 2.47. The molecular weight excluding hydrogens is 663 g/mol. The van der Waals surface area contributed by atoms with E-state index in [0.717, 1.165) is 62.2 Å². The molecule has 0 radical (unpaired) electrons. The molecule has 8 rings (SSSR count). The summed E-state index contributed by atoms with van der Waals surface area (Å²) in [7, 11) is 1.55. The minimum absolute atomic E-state index is 0.0421. The Kier molecular flexibility index (Phi) is 8.03. The summed E-state index contributed by atoms with van der Waals surface area (Å²) >= 11 is 0. The first-order valence-corrected chi connectivity index (χ1v) is 17.8. The molecule has 3 amide bonds. The van der Waals surface area contributed by atoms with Gasteiger partial charge in [0.05, 0.1) is 31.0 Å². The number of primary amides is 1. The molecule has 2 fully saturated rings. The lowest BCUT2D eigenvalue weighted by atomic mass is 9.78.